The van der Waals surface area contributed by atoms with E-state index in [2.05, 4.69) is 44.0 Å². The summed E-state index contributed by atoms with van der Waals surface area (Å²) in [6, 6.07) is 12.0. The topological polar surface area (TPSA) is 24.7 Å². The molecule has 0 aliphatic carbocycles. The van der Waals surface area contributed by atoms with Gasteiger partial charge in [-0.15, -0.1) is 5.11 Å². The first kappa shape index (κ1) is 12.5. The van der Waals surface area contributed by atoms with Crippen LogP contribution in [0.15, 0.2) is 46.6 Å². The van der Waals surface area contributed by atoms with E-state index in [4.69, 9.17) is 0 Å². The fourth-order valence-electron chi connectivity index (χ4n) is 1.95. The first-order valence-corrected chi connectivity index (χ1v) is 6.14. The predicted octanol–water partition coefficient (Wildman–Crippen LogP) is 5.34. The minimum Gasteiger partial charge on any atom is -0.151 e. The maximum absolute atomic E-state index is 4.42. The first-order valence-electron chi connectivity index (χ1n) is 6.14. The standard InChI is InChI=1S/C16H18N2/c1-11-10-12(2)14(4)16(13(11)3)18-17-15-8-6-5-7-9-15/h5-10H,1-4H3. The Bertz CT molecular complexity index is 558. The second-order valence-corrected chi connectivity index (χ2v) is 4.64. The molecule has 0 saturated heterocycles. The van der Waals surface area contributed by atoms with Crippen LogP contribution >= 0.6 is 0 Å². The van der Waals surface area contributed by atoms with Gasteiger partial charge in [-0.1, -0.05) is 24.3 Å². The molecule has 18 heavy (non-hydrogen) atoms. The Morgan fingerprint density at radius 1 is 0.722 bits per heavy atom. The van der Waals surface area contributed by atoms with Crippen LogP contribution in [0.1, 0.15) is 22.3 Å². The van der Waals surface area contributed by atoms with E-state index in [1.165, 1.54) is 22.3 Å². The van der Waals surface area contributed by atoms with Gasteiger partial charge in [0.15, 0.2) is 0 Å². The third kappa shape index (κ3) is 2.48. The molecule has 0 bridgehead atoms. The van der Waals surface area contributed by atoms with Crippen LogP contribution in [0.4, 0.5) is 11.4 Å². The lowest BCUT2D eigenvalue weighted by atomic mass is 9.99. The molecule has 0 heterocycles. The fraction of sp³-hybridized carbons (Fsp3) is 0.250. The van der Waals surface area contributed by atoms with E-state index in [-0.39, 0.29) is 0 Å². The number of azo groups is 1. The van der Waals surface area contributed by atoms with Crippen molar-refractivity contribution in [3.05, 3.63) is 58.7 Å². The van der Waals surface area contributed by atoms with Gasteiger partial charge in [-0.3, -0.25) is 0 Å². The zero-order valence-electron chi connectivity index (χ0n) is 11.4. The SMILES string of the molecule is Cc1cc(C)c(C)c(N=Nc2ccccc2)c1C. The molecule has 2 aromatic rings. The maximum Gasteiger partial charge on any atom is 0.0920 e. The molecular weight excluding hydrogens is 220 g/mol. The van der Waals surface area contributed by atoms with Gasteiger partial charge >= 0.3 is 0 Å². The monoisotopic (exact) mass is 238 g/mol. The average Bonchev–Trinajstić information content (AvgIpc) is 2.38. The molecule has 0 unspecified atom stereocenters. The van der Waals surface area contributed by atoms with Crippen LogP contribution in [-0.4, -0.2) is 0 Å². The van der Waals surface area contributed by atoms with Crippen LogP contribution in [0.25, 0.3) is 0 Å². The highest BCUT2D eigenvalue weighted by molar-refractivity contribution is 5.58. The van der Waals surface area contributed by atoms with E-state index < -0.39 is 0 Å². The zero-order valence-corrected chi connectivity index (χ0v) is 11.4. The number of aryl methyl sites for hydroxylation is 2. The number of hydrogen-bond acceptors (Lipinski definition) is 2. The van der Waals surface area contributed by atoms with E-state index in [1.807, 2.05) is 30.3 Å². The normalized spacial score (nSPS) is 11.1. The van der Waals surface area contributed by atoms with Gasteiger partial charge in [-0.05, 0) is 62.1 Å². The van der Waals surface area contributed by atoms with E-state index in [1.54, 1.807) is 0 Å². The summed E-state index contributed by atoms with van der Waals surface area (Å²) in [4.78, 5) is 0. The summed E-state index contributed by atoms with van der Waals surface area (Å²) in [6.45, 7) is 8.43. The molecule has 0 aliphatic rings. The molecule has 0 spiro atoms. The Morgan fingerprint density at radius 2 is 1.28 bits per heavy atom. The molecule has 0 N–H and O–H groups in total. The Morgan fingerprint density at radius 3 is 1.83 bits per heavy atom. The molecule has 2 nitrogen and oxygen atoms in total. The molecule has 0 saturated carbocycles. The van der Waals surface area contributed by atoms with Crippen molar-refractivity contribution in [2.45, 2.75) is 27.7 Å². The summed E-state index contributed by atoms with van der Waals surface area (Å²) < 4.78 is 0. The maximum atomic E-state index is 4.42. The Balaban J connectivity index is 2.44. The number of rotatable bonds is 2. The van der Waals surface area contributed by atoms with Crippen LogP contribution in [-0.2, 0) is 0 Å². The molecule has 2 rings (SSSR count). The molecule has 0 aliphatic heterocycles. The van der Waals surface area contributed by atoms with Crippen molar-refractivity contribution in [3.8, 4) is 0 Å². The van der Waals surface area contributed by atoms with Gasteiger partial charge in [-0.2, -0.15) is 5.11 Å². The van der Waals surface area contributed by atoms with E-state index in [0.717, 1.165) is 11.4 Å². The molecule has 0 atom stereocenters. The number of hydrogen-bond donors (Lipinski definition) is 0. The molecule has 0 radical (unpaired) electrons. The van der Waals surface area contributed by atoms with Gasteiger partial charge in [0, 0.05) is 0 Å². The molecule has 92 valence electrons. The first-order chi connectivity index (χ1) is 8.59. The third-order valence-corrected chi connectivity index (χ3v) is 3.35. The molecular formula is C16H18N2. The van der Waals surface area contributed by atoms with Crippen LogP contribution in [0.5, 0.6) is 0 Å². The predicted molar refractivity (Wildman–Crippen MR) is 76.0 cm³/mol. The summed E-state index contributed by atoms with van der Waals surface area (Å²) >= 11 is 0. The molecule has 2 aromatic carbocycles. The van der Waals surface area contributed by atoms with Crippen molar-refractivity contribution in [1.29, 1.82) is 0 Å². The molecule has 0 fully saturated rings. The fourth-order valence-corrected chi connectivity index (χ4v) is 1.95. The highest BCUT2D eigenvalue weighted by Gasteiger charge is 2.07. The summed E-state index contributed by atoms with van der Waals surface area (Å²) in [7, 11) is 0. The van der Waals surface area contributed by atoms with E-state index in [0.29, 0.717) is 0 Å². The largest absolute Gasteiger partial charge is 0.151 e. The van der Waals surface area contributed by atoms with Crippen molar-refractivity contribution in [1.82, 2.24) is 0 Å². The lowest BCUT2D eigenvalue weighted by Gasteiger charge is -2.10. The van der Waals surface area contributed by atoms with Crippen molar-refractivity contribution < 1.29 is 0 Å². The smallest absolute Gasteiger partial charge is 0.0920 e. The third-order valence-electron chi connectivity index (χ3n) is 3.35. The highest BCUT2D eigenvalue weighted by atomic mass is 15.1. The van der Waals surface area contributed by atoms with Gasteiger partial charge in [-0.25, -0.2) is 0 Å². The number of benzene rings is 2. The highest BCUT2D eigenvalue weighted by Crippen LogP contribution is 2.30. The van der Waals surface area contributed by atoms with Crippen molar-refractivity contribution >= 4 is 11.4 Å². The minimum atomic E-state index is 0.885. The summed E-state index contributed by atoms with van der Waals surface area (Å²) in [5, 5.41) is 8.73. The second kappa shape index (κ2) is 5.13. The Labute approximate surface area is 108 Å². The van der Waals surface area contributed by atoms with Crippen LogP contribution in [0, 0.1) is 27.7 Å². The quantitative estimate of drug-likeness (QED) is 0.631. The van der Waals surface area contributed by atoms with E-state index >= 15 is 0 Å². The zero-order chi connectivity index (χ0) is 13.1. The average molecular weight is 238 g/mol. The Hall–Kier alpha value is -1.96. The molecule has 2 heteroatoms. The lowest BCUT2D eigenvalue weighted by Crippen LogP contribution is -1.89. The Kier molecular flexibility index (Phi) is 3.56. The minimum absolute atomic E-state index is 0.885. The van der Waals surface area contributed by atoms with Crippen LogP contribution in [0.3, 0.4) is 0 Å². The summed E-state index contributed by atoms with van der Waals surface area (Å²) in [5.74, 6) is 0. The van der Waals surface area contributed by atoms with Crippen LogP contribution < -0.4 is 0 Å². The number of nitrogens with zero attached hydrogens (tertiary/aromatic N) is 2. The van der Waals surface area contributed by atoms with Gasteiger partial charge in [0.1, 0.15) is 0 Å². The van der Waals surface area contributed by atoms with Crippen molar-refractivity contribution in [3.63, 3.8) is 0 Å². The molecule has 0 amide bonds. The lowest BCUT2D eigenvalue weighted by molar-refractivity contribution is 1.15. The summed E-state index contributed by atoms with van der Waals surface area (Å²) in [6.07, 6.45) is 0. The van der Waals surface area contributed by atoms with Gasteiger partial charge in [0.25, 0.3) is 0 Å². The summed E-state index contributed by atoms with van der Waals surface area (Å²) in [5.41, 5.74) is 6.82. The van der Waals surface area contributed by atoms with Gasteiger partial charge < -0.3 is 0 Å². The van der Waals surface area contributed by atoms with Gasteiger partial charge in [0.2, 0.25) is 0 Å². The van der Waals surface area contributed by atoms with Crippen molar-refractivity contribution in [2.24, 2.45) is 10.2 Å². The van der Waals surface area contributed by atoms with Gasteiger partial charge in [0.05, 0.1) is 11.4 Å². The van der Waals surface area contributed by atoms with Crippen LogP contribution in [0.2, 0.25) is 0 Å². The second-order valence-electron chi connectivity index (χ2n) is 4.64. The molecule has 0 aromatic heterocycles. The van der Waals surface area contributed by atoms with Crippen molar-refractivity contribution in [2.75, 3.05) is 0 Å². The van der Waals surface area contributed by atoms with E-state index in [9.17, 15) is 0 Å².